The summed E-state index contributed by atoms with van der Waals surface area (Å²) in [5.74, 6) is -0.858. The molecular weight excluding hydrogens is 280 g/mol. The Morgan fingerprint density at radius 3 is 3.00 bits per heavy atom. The predicted molar refractivity (Wildman–Crippen MR) is 64.0 cm³/mol. The van der Waals surface area contributed by atoms with Crippen LogP contribution < -0.4 is 11.1 Å². The normalized spacial score (nSPS) is 12.7. The minimum Gasteiger partial charge on any atom is -0.481 e. The zero-order valence-corrected chi connectivity index (χ0v) is 10.5. The van der Waals surface area contributed by atoms with E-state index in [0.29, 0.717) is 6.54 Å². The molecule has 0 aliphatic rings. The Balaban J connectivity index is 2.18. The van der Waals surface area contributed by atoms with Crippen LogP contribution >= 0.6 is 27.3 Å². The van der Waals surface area contributed by atoms with Crippen LogP contribution in [0.5, 0.6) is 0 Å². The first kappa shape index (κ1) is 12.6. The lowest BCUT2D eigenvalue weighted by Gasteiger charge is -2.09. The molecule has 0 aromatic carbocycles. The molecule has 1 atom stereocenters. The van der Waals surface area contributed by atoms with Gasteiger partial charge in [-0.3, -0.25) is 4.79 Å². The number of hydrogen-bond donors (Lipinski definition) is 3. The van der Waals surface area contributed by atoms with E-state index in [2.05, 4.69) is 21.2 Å². The lowest BCUT2D eigenvalue weighted by Crippen LogP contribution is -2.35. The van der Waals surface area contributed by atoms with Crippen LogP contribution in [-0.2, 0) is 11.3 Å². The van der Waals surface area contributed by atoms with Crippen molar-refractivity contribution in [2.24, 2.45) is 5.73 Å². The molecule has 1 rings (SSSR count). The van der Waals surface area contributed by atoms with Crippen LogP contribution in [0.2, 0.25) is 0 Å². The van der Waals surface area contributed by atoms with Crippen molar-refractivity contribution in [1.29, 1.82) is 0 Å². The average molecular weight is 293 g/mol. The van der Waals surface area contributed by atoms with Crippen LogP contribution in [0.15, 0.2) is 15.9 Å². The first-order valence-electron chi connectivity index (χ1n) is 4.49. The van der Waals surface area contributed by atoms with Crippen molar-refractivity contribution >= 4 is 33.2 Å². The summed E-state index contributed by atoms with van der Waals surface area (Å²) >= 11 is 5.01. The molecule has 4 nitrogen and oxygen atoms in total. The van der Waals surface area contributed by atoms with Crippen LogP contribution in [0.1, 0.15) is 11.3 Å². The van der Waals surface area contributed by atoms with Gasteiger partial charge in [0.25, 0.3) is 0 Å². The Morgan fingerprint density at radius 1 is 1.73 bits per heavy atom. The highest BCUT2D eigenvalue weighted by Gasteiger charge is 2.07. The molecule has 0 saturated heterocycles. The number of carboxylic acids is 1. The zero-order valence-electron chi connectivity index (χ0n) is 8.07. The number of carbonyl (C=O) groups is 1. The first-order chi connectivity index (χ1) is 7.08. The van der Waals surface area contributed by atoms with Gasteiger partial charge in [-0.1, -0.05) is 0 Å². The Kier molecular flexibility index (Phi) is 5.24. The Morgan fingerprint density at radius 2 is 2.47 bits per heavy atom. The van der Waals surface area contributed by atoms with E-state index in [-0.39, 0.29) is 12.5 Å². The van der Waals surface area contributed by atoms with Crippen LogP contribution in [-0.4, -0.2) is 23.7 Å². The number of rotatable bonds is 6. The molecule has 0 fully saturated rings. The standard InChI is InChI=1S/C9H13BrN2O2S/c10-6-1-8(15-5-6)4-12-3-7(11)2-9(13)14/h1,5,7,12H,2-4,11H2,(H,13,14). The van der Waals surface area contributed by atoms with Gasteiger partial charge in [-0.25, -0.2) is 0 Å². The zero-order chi connectivity index (χ0) is 11.3. The molecule has 84 valence electrons. The third-order valence-electron chi connectivity index (χ3n) is 1.76. The van der Waals surface area contributed by atoms with Gasteiger partial charge in [-0.05, 0) is 22.0 Å². The number of carboxylic acid groups (broad SMARTS) is 1. The molecule has 1 heterocycles. The first-order valence-corrected chi connectivity index (χ1v) is 6.16. The number of nitrogens with two attached hydrogens (primary N) is 1. The van der Waals surface area contributed by atoms with Gasteiger partial charge in [0.15, 0.2) is 0 Å². The van der Waals surface area contributed by atoms with E-state index in [1.165, 1.54) is 4.88 Å². The highest BCUT2D eigenvalue weighted by atomic mass is 79.9. The molecule has 0 bridgehead atoms. The Labute approximate surface area is 101 Å². The monoisotopic (exact) mass is 292 g/mol. The van der Waals surface area contributed by atoms with Crippen LogP contribution in [0.4, 0.5) is 0 Å². The van der Waals surface area contributed by atoms with E-state index in [4.69, 9.17) is 10.8 Å². The van der Waals surface area contributed by atoms with E-state index in [0.717, 1.165) is 11.0 Å². The maximum atomic E-state index is 10.3. The van der Waals surface area contributed by atoms with E-state index in [1.807, 2.05) is 11.4 Å². The van der Waals surface area contributed by atoms with Gasteiger partial charge in [-0.2, -0.15) is 0 Å². The molecule has 0 aliphatic carbocycles. The van der Waals surface area contributed by atoms with Crippen molar-refractivity contribution < 1.29 is 9.90 Å². The molecule has 0 spiro atoms. The van der Waals surface area contributed by atoms with E-state index in [1.54, 1.807) is 11.3 Å². The molecule has 0 amide bonds. The van der Waals surface area contributed by atoms with Crippen molar-refractivity contribution in [1.82, 2.24) is 5.32 Å². The third kappa shape index (κ3) is 5.27. The van der Waals surface area contributed by atoms with Crippen molar-refractivity contribution in [2.75, 3.05) is 6.54 Å². The molecule has 4 N–H and O–H groups in total. The van der Waals surface area contributed by atoms with Crippen LogP contribution in [0.3, 0.4) is 0 Å². The van der Waals surface area contributed by atoms with Crippen molar-refractivity contribution in [3.05, 3.63) is 20.8 Å². The largest absolute Gasteiger partial charge is 0.481 e. The quantitative estimate of drug-likeness (QED) is 0.741. The summed E-state index contributed by atoms with van der Waals surface area (Å²) in [5.41, 5.74) is 5.59. The summed E-state index contributed by atoms with van der Waals surface area (Å²) in [6.07, 6.45) is 0.00113. The molecule has 1 unspecified atom stereocenters. The van der Waals surface area contributed by atoms with E-state index in [9.17, 15) is 4.79 Å². The molecule has 0 saturated carbocycles. The predicted octanol–water partition coefficient (Wildman–Crippen LogP) is 1.40. The van der Waals surface area contributed by atoms with Crippen molar-refractivity contribution in [3.8, 4) is 0 Å². The molecule has 0 aliphatic heterocycles. The van der Waals surface area contributed by atoms with Gasteiger partial charge in [0.05, 0.1) is 6.42 Å². The van der Waals surface area contributed by atoms with Gasteiger partial charge >= 0.3 is 5.97 Å². The summed E-state index contributed by atoms with van der Waals surface area (Å²) in [6.45, 7) is 1.24. The molecule has 1 aromatic rings. The average Bonchev–Trinajstić information content (AvgIpc) is 2.50. The second-order valence-corrected chi connectivity index (χ2v) is 5.13. The number of nitrogens with one attached hydrogen (secondary N) is 1. The molecule has 1 aromatic heterocycles. The number of aliphatic carboxylic acids is 1. The van der Waals surface area contributed by atoms with Gasteiger partial charge < -0.3 is 16.2 Å². The summed E-state index contributed by atoms with van der Waals surface area (Å²) < 4.78 is 1.07. The Bertz CT molecular complexity index is 330. The fourth-order valence-electron chi connectivity index (χ4n) is 1.12. The molecular formula is C9H13BrN2O2S. The molecule has 15 heavy (non-hydrogen) atoms. The fraction of sp³-hybridized carbons (Fsp3) is 0.444. The number of halogens is 1. The number of hydrogen-bond acceptors (Lipinski definition) is 4. The van der Waals surface area contributed by atoms with Crippen molar-refractivity contribution in [2.45, 2.75) is 19.0 Å². The smallest absolute Gasteiger partial charge is 0.304 e. The maximum absolute atomic E-state index is 10.3. The topological polar surface area (TPSA) is 75.3 Å². The van der Waals surface area contributed by atoms with Crippen molar-refractivity contribution in [3.63, 3.8) is 0 Å². The highest BCUT2D eigenvalue weighted by molar-refractivity contribution is 9.10. The van der Waals surface area contributed by atoms with Gasteiger partial charge in [-0.15, -0.1) is 11.3 Å². The highest BCUT2D eigenvalue weighted by Crippen LogP contribution is 2.19. The van der Waals surface area contributed by atoms with Gasteiger partial charge in [0.2, 0.25) is 0 Å². The lowest BCUT2D eigenvalue weighted by molar-refractivity contribution is -0.137. The third-order valence-corrected chi connectivity index (χ3v) is 3.46. The minimum absolute atomic E-state index is 0.00113. The minimum atomic E-state index is -0.858. The maximum Gasteiger partial charge on any atom is 0.304 e. The fourth-order valence-corrected chi connectivity index (χ4v) is 2.54. The van der Waals surface area contributed by atoms with E-state index < -0.39 is 5.97 Å². The second kappa shape index (κ2) is 6.22. The number of thiophene rings is 1. The lowest BCUT2D eigenvalue weighted by atomic mass is 10.2. The second-order valence-electron chi connectivity index (χ2n) is 3.22. The van der Waals surface area contributed by atoms with Gasteiger partial charge in [0, 0.05) is 33.9 Å². The summed E-state index contributed by atoms with van der Waals surface area (Å²) in [6, 6.07) is 1.70. The summed E-state index contributed by atoms with van der Waals surface area (Å²) in [7, 11) is 0. The SMILES string of the molecule is NC(CNCc1cc(Br)cs1)CC(=O)O. The molecule has 6 heteroatoms. The summed E-state index contributed by atoms with van der Waals surface area (Å²) in [4.78, 5) is 11.5. The van der Waals surface area contributed by atoms with Crippen LogP contribution in [0, 0.1) is 0 Å². The van der Waals surface area contributed by atoms with Gasteiger partial charge in [0.1, 0.15) is 0 Å². The van der Waals surface area contributed by atoms with Crippen LogP contribution in [0.25, 0.3) is 0 Å². The Hall–Kier alpha value is -0.430. The molecule has 0 radical (unpaired) electrons. The van der Waals surface area contributed by atoms with E-state index >= 15 is 0 Å². The summed E-state index contributed by atoms with van der Waals surface area (Å²) in [5, 5.41) is 13.6.